The van der Waals surface area contributed by atoms with Crippen LogP contribution in [0.5, 0.6) is 0 Å². The van der Waals surface area contributed by atoms with Crippen molar-refractivity contribution in [3.8, 4) is 0 Å². The van der Waals surface area contributed by atoms with Crippen LogP contribution in [0.4, 0.5) is 0 Å². The first-order valence-corrected chi connectivity index (χ1v) is 8.23. The molecule has 0 saturated carbocycles. The maximum absolute atomic E-state index is 11.6. The van der Waals surface area contributed by atoms with Gasteiger partial charge in [0.1, 0.15) is 0 Å². The molecular weight excluding hydrogens is 288 g/mol. The van der Waals surface area contributed by atoms with E-state index in [1.807, 2.05) is 19.1 Å². The van der Waals surface area contributed by atoms with Crippen LogP contribution in [0, 0.1) is 0 Å². The van der Waals surface area contributed by atoms with E-state index in [2.05, 4.69) is 34.5 Å². The highest BCUT2D eigenvalue weighted by atomic mass is 16.3. The lowest BCUT2D eigenvalue weighted by Gasteiger charge is -2.29. The van der Waals surface area contributed by atoms with E-state index in [4.69, 9.17) is 0 Å². The molecule has 1 amide bonds. The van der Waals surface area contributed by atoms with Gasteiger partial charge in [0.2, 0.25) is 5.91 Å². The Kier molecular flexibility index (Phi) is 7.04. The van der Waals surface area contributed by atoms with Crippen LogP contribution in [0.3, 0.4) is 0 Å². The van der Waals surface area contributed by atoms with Gasteiger partial charge in [-0.25, -0.2) is 0 Å². The average molecular weight is 314 g/mol. The van der Waals surface area contributed by atoms with E-state index in [0.29, 0.717) is 6.54 Å². The number of amides is 1. The summed E-state index contributed by atoms with van der Waals surface area (Å²) in [4.78, 5) is 14.0. The number of aliphatic hydroxyl groups is 1. The molecule has 2 rings (SSSR count). The molecule has 1 heterocycles. The molecule has 2 N–H and O–H groups in total. The molecule has 0 spiro atoms. The number of carbonyl (C=O) groups excluding carboxylic acids is 1. The number of allylic oxidation sites excluding steroid dienone is 3. The van der Waals surface area contributed by atoms with E-state index < -0.39 is 0 Å². The van der Waals surface area contributed by atoms with Crippen LogP contribution >= 0.6 is 0 Å². The van der Waals surface area contributed by atoms with Crippen LogP contribution in [0.2, 0.25) is 0 Å². The van der Waals surface area contributed by atoms with E-state index in [1.165, 1.54) is 11.6 Å². The number of carbonyl (C=O) groups is 1. The largest absolute Gasteiger partial charge is 0.393 e. The fraction of sp³-hybridized carbons (Fsp3) is 0.421. The number of likely N-dealkylation sites (tertiary alicyclic amines) is 1. The van der Waals surface area contributed by atoms with Crippen molar-refractivity contribution in [3.63, 3.8) is 0 Å². The minimum absolute atomic E-state index is 0.0842. The van der Waals surface area contributed by atoms with Crippen molar-refractivity contribution >= 4 is 5.91 Å². The maximum Gasteiger partial charge on any atom is 0.244 e. The topological polar surface area (TPSA) is 52.6 Å². The first kappa shape index (κ1) is 17.4. The van der Waals surface area contributed by atoms with Crippen LogP contribution in [0.1, 0.15) is 30.9 Å². The van der Waals surface area contributed by atoms with Crippen molar-refractivity contribution in [2.24, 2.45) is 0 Å². The van der Waals surface area contributed by atoms with Gasteiger partial charge in [-0.1, -0.05) is 42.5 Å². The lowest BCUT2D eigenvalue weighted by atomic mass is 10.1. The Bertz CT molecular complexity index is 541. The van der Waals surface area contributed by atoms with Gasteiger partial charge in [-0.15, -0.1) is 0 Å². The van der Waals surface area contributed by atoms with Gasteiger partial charge in [0.15, 0.2) is 0 Å². The third kappa shape index (κ3) is 6.38. The summed E-state index contributed by atoms with van der Waals surface area (Å²) in [6.07, 6.45) is 8.57. The number of benzene rings is 1. The second-order valence-electron chi connectivity index (χ2n) is 5.93. The van der Waals surface area contributed by atoms with Crippen molar-refractivity contribution in [1.29, 1.82) is 0 Å². The molecule has 0 bridgehead atoms. The summed E-state index contributed by atoms with van der Waals surface area (Å²) in [6.45, 7) is 5.28. The number of rotatable bonds is 6. The molecule has 0 radical (unpaired) electrons. The van der Waals surface area contributed by atoms with Crippen LogP contribution in [-0.2, 0) is 17.9 Å². The summed E-state index contributed by atoms with van der Waals surface area (Å²) in [5.74, 6) is -0.0842. The monoisotopic (exact) mass is 314 g/mol. The number of piperidine rings is 1. The molecule has 0 atom stereocenters. The van der Waals surface area contributed by atoms with E-state index in [9.17, 15) is 9.90 Å². The van der Waals surface area contributed by atoms with E-state index in [1.54, 1.807) is 6.08 Å². The molecule has 1 saturated heterocycles. The SMILES string of the molecule is CC=CC=CC(=O)NCc1ccc(CN2CCC(O)CC2)cc1. The van der Waals surface area contributed by atoms with Gasteiger partial charge in [-0.2, -0.15) is 0 Å². The summed E-state index contributed by atoms with van der Waals surface area (Å²) in [5, 5.41) is 12.4. The highest BCUT2D eigenvalue weighted by Crippen LogP contribution is 2.14. The van der Waals surface area contributed by atoms with Gasteiger partial charge < -0.3 is 10.4 Å². The molecule has 4 nitrogen and oxygen atoms in total. The molecule has 124 valence electrons. The fourth-order valence-electron chi connectivity index (χ4n) is 2.60. The number of aliphatic hydroxyl groups excluding tert-OH is 1. The third-order valence-corrected chi connectivity index (χ3v) is 4.00. The minimum atomic E-state index is -0.126. The number of hydrogen-bond donors (Lipinski definition) is 2. The zero-order valence-corrected chi connectivity index (χ0v) is 13.7. The van der Waals surface area contributed by atoms with E-state index in [-0.39, 0.29) is 12.0 Å². The summed E-state index contributed by atoms with van der Waals surface area (Å²) < 4.78 is 0. The molecule has 1 aromatic rings. The van der Waals surface area contributed by atoms with Gasteiger partial charge in [0, 0.05) is 32.3 Å². The molecular formula is C19H26N2O2. The number of nitrogens with one attached hydrogen (secondary N) is 1. The standard InChI is InChI=1S/C19H26N2O2/c1-2-3-4-5-19(23)20-14-16-6-8-17(9-7-16)15-21-12-10-18(22)11-13-21/h2-9,18,22H,10-15H2,1H3,(H,20,23). The van der Waals surface area contributed by atoms with Crippen molar-refractivity contribution in [2.75, 3.05) is 13.1 Å². The highest BCUT2D eigenvalue weighted by Gasteiger charge is 2.16. The molecule has 23 heavy (non-hydrogen) atoms. The Balaban J connectivity index is 1.77. The molecule has 1 fully saturated rings. The molecule has 1 aliphatic heterocycles. The minimum Gasteiger partial charge on any atom is -0.393 e. The van der Waals surface area contributed by atoms with Crippen molar-refractivity contribution in [3.05, 3.63) is 59.7 Å². The second kappa shape index (κ2) is 9.28. The van der Waals surface area contributed by atoms with Crippen molar-refractivity contribution in [1.82, 2.24) is 10.2 Å². The Hall–Kier alpha value is -1.91. The zero-order chi connectivity index (χ0) is 16.5. The Morgan fingerprint density at radius 1 is 1.22 bits per heavy atom. The average Bonchev–Trinajstić information content (AvgIpc) is 2.57. The quantitative estimate of drug-likeness (QED) is 0.626. The third-order valence-electron chi connectivity index (χ3n) is 4.00. The summed E-state index contributed by atoms with van der Waals surface area (Å²) >= 11 is 0. The van der Waals surface area contributed by atoms with E-state index in [0.717, 1.165) is 38.0 Å². The molecule has 0 unspecified atom stereocenters. The lowest BCUT2D eigenvalue weighted by Crippen LogP contribution is -2.35. The Morgan fingerprint density at radius 3 is 2.52 bits per heavy atom. The Labute approximate surface area is 138 Å². The molecule has 4 heteroatoms. The van der Waals surface area contributed by atoms with Crippen LogP contribution < -0.4 is 5.32 Å². The molecule has 1 aliphatic rings. The normalized spacial score (nSPS) is 17.1. The molecule has 0 aliphatic carbocycles. The maximum atomic E-state index is 11.6. The number of hydrogen-bond acceptors (Lipinski definition) is 3. The summed E-state index contributed by atoms with van der Waals surface area (Å²) in [5.41, 5.74) is 2.36. The van der Waals surface area contributed by atoms with Gasteiger partial charge in [0.25, 0.3) is 0 Å². The van der Waals surface area contributed by atoms with Gasteiger partial charge >= 0.3 is 0 Å². The smallest absolute Gasteiger partial charge is 0.244 e. The van der Waals surface area contributed by atoms with Crippen LogP contribution in [-0.4, -0.2) is 35.1 Å². The first-order valence-electron chi connectivity index (χ1n) is 8.23. The Morgan fingerprint density at radius 2 is 1.87 bits per heavy atom. The second-order valence-corrected chi connectivity index (χ2v) is 5.93. The van der Waals surface area contributed by atoms with Crippen molar-refractivity contribution < 1.29 is 9.90 Å². The van der Waals surface area contributed by atoms with Crippen LogP contribution in [0.25, 0.3) is 0 Å². The molecule has 1 aromatic carbocycles. The van der Waals surface area contributed by atoms with E-state index >= 15 is 0 Å². The summed E-state index contributed by atoms with van der Waals surface area (Å²) in [7, 11) is 0. The predicted octanol–water partition coefficient (Wildman–Crippen LogP) is 2.39. The van der Waals surface area contributed by atoms with Crippen molar-refractivity contribution in [2.45, 2.75) is 39.0 Å². The highest BCUT2D eigenvalue weighted by molar-refractivity contribution is 5.87. The van der Waals surface area contributed by atoms with Gasteiger partial charge in [-0.3, -0.25) is 9.69 Å². The molecule has 0 aromatic heterocycles. The lowest BCUT2D eigenvalue weighted by molar-refractivity contribution is -0.116. The zero-order valence-electron chi connectivity index (χ0n) is 13.7. The van der Waals surface area contributed by atoms with Gasteiger partial charge in [-0.05, 0) is 30.9 Å². The number of nitrogens with zero attached hydrogens (tertiary/aromatic N) is 1. The van der Waals surface area contributed by atoms with Crippen LogP contribution in [0.15, 0.2) is 48.6 Å². The first-order chi connectivity index (χ1) is 11.2. The predicted molar refractivity (Wildman–Crippen MR) is 92.8 cm³/mol. The fourth-order valence-corrected chi connectivity index (χ4v) is 2.60. The van der Waals surface area contributed by atoms with Gasteiger partial charge in [0.05, 0.1) is 6.10 Å². The summed E-state index contributed by atoms with van der Waals surface area (Å²) in [6, 6.07) is 8.35.